The van der Waals surface area contributed by atoms with E-state index in [1.54, 1.807) is 12.1 Å². The summed E-state index contributed by atoms with van der Waals surface area (Å²) in [7, 11) is -3.01. The number of anilines is 1. The van der Waals surface area contributed by atoms with E-state index in [2.05, 4.69) is 10.2 Å². The molecule has 12 heteroatoms. The van der Waals surface area contributed by atoms with Crippen molar-refractivity contribution in [3.05, 3.63) is 83.6 Å². The minimum atomic E-state index is -4.36. The van der Waals surface area contributed by atoms with Crippen LogP contribution in [0.3, 0.4) is 0 Å². The average Bonchev–Trinajstić information content (AvgIpc) is 3.29. The zero-order valence-electron chi connectivity index (χ0n) is 27.6. The molecule has 2 aromatic carbocycles. The molecule has 0 atom stereocenters. The number of hydrogen-bond donors (Lipinski definition) is 3. The lowest BCUT2D eigenvalue weighted by Gasteiger charge is -2.27. The number of nitrogens with one attached hydrogen (secondary N) is 1. The van der Waals surface area contributed by atoms with Gasteiger partial charge in [-0.2, -0.15) is 21.4 Å². The number of nitrogens with zero attached hydrogens (tertiary/aromatic N) is 2. The van der Waals surface area contributed by atoms with E-state index in [-0.39, 0.29) is 9.79 Å². The van der Waals surface area contributed by atoms with Crippen molar-refractivity contribution in [2.24, 2.45) is 0 Å². The highest BCUT2D eigenvalue weighted by Gasteiger charge is 2.43. The maximum Gasteiger partial charge on any atom is 0.294 e. The molecule has 0 saturated carbocycles. The van der Waals surface area contributed by atoms with E-state index in [4.69, 9.17) is 0 Å². The lowest BCUT2D eigenvalue weighted by molar-refractivity contribution is -0.401. The van der Waals surface area contributed by atoms with Gasteiger partial charge in [0.2, 0.25) is 5.69 Å². The number of rotatable bonds is 11. The number of carbonyl (C=O) groups is 1. The molecule has 3 N–H and O–H groups in total. The second kappa shape index (κ2) is 14.6. The van der Waals surface area contributed by atoms with Crippen LogP contribution in [0.4, 0.5) is 11.4 Å². The number of fused-ring (bicyclic) bond motifs is 2. The molecule has 2 aliphatic rings. The molecule has 0 bridgehead atoms. The fraction of sp³-hybridized carbons (Fsp3) is 0.412. The number of hydrogen-bond acceptors (Lipinski definition) is 7. The van der Waals surface area contributed by atoms with Gasteiger partial charge >= 0.3 is 0 Å². The number of aldehydes is 1. The Morgan fingerprint density at radius 2 is 1.41 bits per heavy atom. The van der Waals surface area contributed by atoms with Gasteiger partial charge in [-0.25, -0.2) is 0 Å². The third-order valence-electron chi connectivity index (χ3n) is 8.40. The van der Waals surface area contributed by atoms with Crippen molar-refractivity contribution in [3.63, 3.8) is 0 Å². The lowest BCUT2D eigenvalue weighted by atomic mass is 9.81. The van der Waals surface area contributed by atoms with Crippen LogP contribution in [-0.2, 0) is 35.9 Å². The molecular formula is C34H46N3O7S2+. The highest BCUT2D eigenvalue weighted by atomic mass is 32.2. The molecule has 2 aromatic rings. The van der Waals surface area contributed by atoms with Gasteiger partial charge in [0.05, 0.1) is 15.2 Å². The summed E-state index contributed by atoms with van der Waals surface area (Å²) >= 11 is 0. The van der Waals surface area contributed by atoms with E-state index in [9.17, 15) is 30.7 Å². The Morgan fingerprint density at radius 3 is 2.00 bits per heavy atom. The fourth-order valence-corrected chi connectivity index (χ4v) is 7.08. The Balaban J connectivity index is 0.00000185. The van der Waals surface area contributed by atoms with Crippen molar-refractivity contribution in [2.45, 2.75) is 74.0 Å². The summed E-state index contributed by atoms with van der Waals surface area (Å²) in [5.74, 6) is 0. The van der Waals surface area contributed by atoms with Crippen molar-refractivity contribution in [1.82, 2.24) is 5.32 Å². The van der Waals surface area contributed by atoms with E-state index in [0.29, 0.717) is 13.0 Å². The predicted molar refractivity (Wildman–Crippen MR) is 183 cm³/mol. The van der Waals surface area contributed by atoms with Gasteiger partial charge in [0.1, 0.15) is 13.3 Å². The SMILES string of the molecule is CNC.C[N+]1=C(/C=C/C=C/C=C2/N(CCCCCC=O)c3ccc(S(=O)(=O)O)cc3C2(C)C)C(C)(C)c2cc(S(=O)(=O)O)ccc21. The average molecular weight is 673 g/mol. The quantitative estimate of drug-likeness (QED) is 0.0917. The van der Waals surface area contributed by atoms with Crippen molar-refractivity contribution < 1.29 is 35.3 Å². The van der Waals surface area contributed by atoms with E-state index in [1.807, 2.05) is 83.8 Å². The van der Waals surface area contributed by atoms with Crippen LogP contribution in [-0.4, -0.2) is 70.2 Å². The van der Waals surface area contributed by atoms with Gasteiger partial charge < -0.3 is 15.0 Å². The standard InChI is InChI=1S/C32H38N2O7S2.C2H7N/c1-31(2)25-21-23(42(36,37)38)15-17-27(25)33(5)29(31)13-9-8-10-14-30-32(3,4)26-22-24(43(39,40)41)16-18-28(26)34(30)19-11-6-7-12-20-35;1-3-2/h8-10,13-18,20-22H,6-7,11-12,19H2,1-5H3,(H-,36,37,38,39,40,41);3H,1-2H3/p+1. The first kappa shape index (κ1) is 37.0. The Kier molecular flexibility index (Phi) is 11.7. The second-order valence-corrected chi connectivity index (χ2v) is 15.3. The minimum Gasteiger partial charge on any atom is -0.344 e. The minimum absolute atomic E-state index is 0.137. The first-order chi connectivity index (χ1) is 21.4. The van der Waals surface area contributed by atoms with E-state index in [1.165, 1.54) is 24.3 Å². The summed E-state index contributed by atoms with van der Waals surface area (Å²) in [6.07, 6.45) is 13.7. The normalized spacial score (nSPS) is 17.8. The molecular weight excluding hydrogens is 627 g/mol. The summed E-state index contributed by atoms with van der Waals surface area (Å²) in [5, 5.41) is 2.75. The zero-order valence-corrected chi connectivity index (χ0v) is 29.2. The molecule has 0 aliphatic carbocycles. The van der Waals surface area contributed by atoms with Crippen LogP contribution >= 0.6 is 0 Å². The first-order valence-corrected chi connectivity index (χ1v) is 18.0. The van der Waals surface area contributed by atoms with Crippen molar-refractivity contribution in [2.75, 3.05) is 32.6 Å². The Morgan fingerprint density at radius 1 is 0.826 bits per heavy atom. The van der Waals surface area contributed by atoms with Crippen LogP contribution in [0.25, 0.3) is 0 Å². The first-order valence-electron chi connectivity index (χ1n) is 15.1. The largest absolute Gasteiger partial charge is 0.344 e. The summed E-state index contributed by atoms with van der Waals surface area (Å²) in [6, 6.07) is 9.29. The number of benzene rings is 2. The maximum atomic E-state index is 11.9. The van der Waals surface area contributed by atoms with Gasteiger partial charge in [-0.1, -0.05) is 38.5 Å². The van der Waals surface area contributed by atoms with Gasteiger partial charge in [-0.15, -0.1) is 0 Å². The van der Waals surface area contributed by atoms with Gasteiger partial charge in [0, 0.05) is 47.5 Å². The molecule has 0 saturated heterocycles. The monoisotopic (exact) mass is 672 g/mol. The van der Waals surface area contributed by atoms with Crippen LogP contribution < -0.4 is 10.2 Å². The molecule has 0 aromatic heterocycles. The molecule has 0 radical (unpaired) electrons. The topological polar surface area (TPSA) is 144 Å². The smallest absolute Gasteiger partial charge is 0.294 e. The molecule has 0 amide bonds. The molecule has 0 spiro atoms. The van der Waals surface area contributed by atoms with Gasteiger partial charge in [0.15, 0.2) is 5.71 Å². The van der Waals surface area contributed by atoms with Crippen LogP contribution in [0, 0.1) is 0 Å². The molecule has 4 rings (SSSR count). The van der Waals surface area contributed by atoms with Crippen molar-refractivity contribution in [1.29, 1.82) is 0 Å². The summed E-state index contributed by atoms with van der Waals surface area (Å²) in [5.41, 5.74) is 4.24. The molecule has 250 valence electrons. The summed E-state index contributed by atoms with van der Waals surface area (Å²) < 4.78 is 68.3. The summed E-state index contributed by atoms with van der Waals surface area (Å²) in [4.78, 5) is 12.6. The second-order valence-electron chi connectivity index (χ2n) is 12.5. The third-order valence-corrected chi connectivity index (χ3v) is 10.1. The van der Waals surface area contributed by atoms with Gasteiger partial charge in [-0.05, 0) is 82.8 Å². The number of unbranched alkanes of at least 4 members (excludes halogenated alkanes) is 3. The molecule has 2 aliphatic heterocycles. The molecule has 46 heavy (non-hydrogen) atoms. The number of allylic oxidation sites excluding steroid dienone is 6. The van der Waals surface area contributed by atoms with Gasteiger partial charge in [-0.3, -0.25) is 9.11 Å². The van der Waals surface area contributed by atoms with Crippen LogP contribution in [0.2, 0.25) is 0 Å². The predicted octanol–water partition coefficient (Wildman–Crippen LogP) is 5.58. The van der Waals surface area contributed by atoms with E-state index >= 15 is 0 Å². The molecule has 0 unspecified atom stereocenters. The maximum absolute atomic E-state index is 11.9. The highest BCUT2D eigenvalue weighted by Crippen LogP contribution is 2.48. The number of carbonyl (C=O) groups excluding carboxylic acids is 1. The third kappa shape index (κ3) is 7.92. The van der Waals surface area contributed by atoms with E-state index in [0.717, 1.165) is 59.5 Å². The molecule has 10 nitrogen and oxygen atoms in total. The Bertz CT molecular complexity index is 1800. The van der Waals surface area contributed by atoms with E-state index < -0.39 is 31.1 Å². The van der Waals surface area contributed by atoms with Crippen molar-refractivity contribution in [3.8, 4) is 0 Å². The lowest BCUT2D eigenvalue weighted by Crippen LogP contribution is -2.27. The van der Waals surface area contributed by atoms with Crippen LogP contribution in [0.5, 0.6) is 0 Å². The highest BCUT2D eigenvalue weighted by molar-refractivity contribution is 7.86. The van der Waals surface area contributed by atoms with Crippen molar-refractivity contribution >= 4 is 43.6 Å². The van der Waals surface area contributed by atoms with Crippen LogP contribution in [0.1, 0.15) is 64.5 Å². The van der Waals surface area contributed by atoms with Gasteiger partial charge in [0.25, 0.3) is 20.2 Å². The van der Waals surface area contributed by atoms with Crippen LogP contribution in [0.15, 0.2) is 82.3 Å². The zero-order chi connectivity index (χ0) is 34.5. The molecule has 0 fully saturated rings. The molecule has 2 heterocycles. The Labute approximate surface area is 273 Å². The Hall–Kier alpha value is -3.42. The summed E-state index contributed by atoms with van der Waals surface area (Å²) in [6.45, 7) is 8.73. The fourth-order valence-electron chi connectivity index (χ4n) is 6.06.